The van der Waals surface area contributed by atoms with E-state index in [9.17, 15) is 0 Å². The maximum atomic E-state index is 6.28. The molecule has 0 fully saturated rings. The van der Waals surface area contributed by atoms with Crippen LogP contribution in [0.15, 0.2) is 108 Å². The van der Waals surface area contributed by atoms with E-state index in [1.807, 2.05) is 55.6 Å². The molecule has 39 heavy (non-hydrogen) atoms. The highest BCUT2D eigenvalue weighted by Gasteiger charge is 2.37. The summed E-state index contributed by atoms with van der Waals surface area (Å²) >= 11 is 6.28. The zero-order chi connectivity index (χ0) is 26.6. The highest BCUT2D eigenvalue weighted by atomic mass is 35.5. The van der Waals surface area contributed by atoms with Crippen molar-refractivity contribution >= 4 is 29.2 Å². The number of fused-ring (bicyclic) bond motifs is 3. The highest BCUT2D eigenvalue weighted by Crippen LogP contribution is 2.49. The largest absolute Gasteiger partial charge is 0.490 e. The molecule has 0 bridgehead atoms. The van der Waals surface area contributed by atoms with Crippen LogP contribution in [0, 0.1) is 5.92 Å². The molecular weight excluding hydrogens is 504 g/mol. The number of allylic oxidation sites excluding steroid dienone is 2. The van der Waals surface area contributed by atoms with E-state index in [2.05, 4.69) is 66.0 Å². The molecular formula is C34H31ClN2O2. The van der Waals surface area contributed by atoms with Crippen molar-refractivity contribution in [2.75, 3.05) is 11.9 Å². The van der Waals surface area contributed by atoms with Crippen molar-refractivity contribution in [3.8, 4) is 11.5 Å². The second-order valence-electron chi connectivity index (χ2n) is 9.93. The summed E-state index contributed by atoms with van der Waals surface area (Å²) in [5, 5.41) is 4.49. The van der Waals surface area contributed by atoms with Gasteiger partial charge in [-0.2, -0.15) is 0 Å². The van der Waals surface area contributed by atoms with Crippen LogP contribution in [0.5, 0.6) is 11.5 Å². The van der Waals surface area contributed by atoms with Crippen molar-refractivity contribution in [3.63, 3.8) is 0 Å². The molecule has 0 spiro atoms. The van der Waals surface area contributed by atoms with Gasteiger partial charge in [0.25, 0.3) is 0 Å². The van der Waals surface area contributed by atoms with Gasteiger partial charge in [-0.3, -0.25) is 4.99 Å². The van der Waals surface area contributed by atoms with Crippen LogP contribution in [-0.2, 0) is 6.61 Å². The quantitative estimate of drug-likeness (QED) is 0.181. The number of hydrogen-bond acceptors (Lipinski definition) is 4. The SMILES string of the molecule is CCOc1cc(C=Nc2ccc([C@@H]3Nc4ccccc4[C@@H]4C=CC[C@H]43)cc2)ccc1OCc1ccccc1Cl. The Morgan fingerprint density at radius 1 is 0.923 bits per heavy atom. The Morgan fingerprint density at radius 2 is 1.74 bits per heavy atom. The zero-order valence-corrected chi connectivity index (χ0v) is 22.6. The number of rotatable bonds is 8. The van der Waals surface area contributed by atoms with Crippen LogP contribution in [0.3, 0.4) is 0 Å². The summed E-state index contributed by atoms with van der Waals surface area (Å²) < 4.78 is 11.9. The highest BCUT2D eigenvalue weighted by molar-refractivity contribution is 6.31. The van der Waals surface area contributed by atoms with E-state index in [1.54, 1.807) is 0 Å². The minimum atomic E-state index is 0.282. The Balaban J connectivity index is 1.15. The average molecular weight is 535 g/mol. The molecule has 1 N–H and O–H groups in total. The summed E-state index contributed by atoms with van der Waals surface area (Å²) in [6, 6.07) is 31.1. The molecule has 0 radical (unpaired) electrons. The summed E-state index contributed by atoms with van der Waals surface area (Å²) in [5.74, 6) is 2.37. The van der Waals surface area contributed by atoms with Crippen molar-refractivity contribution in [2.24, 2.45) is 10.9 Å². The van der Waals surface area contributed by atoms with Gasteiger partial charge >= 0.3 is 0 Å². The van der Waals surface area contributed by atoms with Crippen LogP contribution in [0.1, 0.15) is 47.6 Å². The van der Waals surface area contributed by atoms with Crippen molar-refractivity contribution < 1.29 is 9.47 Å². The molecule has 3 atom stereocenters. The van der Waals surface area contributed by atoms with Gasteiger partial charge in [0.15, 0.2) is 11.5 Å². The molecule has 196 valence electrons. The lowest BCUT2D eigenvalue weighted by Crippen LogP contribution is -2.28. The number of para-hydroxylation sites is 1. The minimum absolute atomic E-state index is 0.282. The number of aliphatic imine (C=N–C) groups is 1. The van der Waals surface area contributed by atoms with Gasteiger partial charge in [0.05, 0.1) is 18.3 Å². The Bertz CT molecular complexity index is 1510. The molecule has 2 aliphatic rings. The predicted octanol–water partition coefficient (Wildman–Crippen LogP) is 8.89. The molecule has 1 aliphatic heterocycles. The van der Waals surface area contributed by atoms with Crippen molar-refractivity contribution in [1.29, 1.82) is 0 Å². The van der Waals surface area contributed by atoms with Gasteiger partial charge in [0.1, 0.15) is 6.61 Å². The lowest BCUT2D eigenvalue weighted by atomic mass is 9.77. The number of nitrogens with one attached hydrogen (secondary N) is 1. The van der Waals surface area contributed by atoms with E-state index in [0.29, 0.717) is 41.6 Å². The fraction of sp³-hybridized carbons (Fsp3) is 0.206. The number of halogens is 1. The molecule has 0 saturated carbocycles. The zero-order valence-electron chi connectivity index (χ0n) is 21.9. The topological polar surface area (TPSA) is 42.8 Å². The fourth-order valence-electron chi connectivity index (χ4n) is 5.55. The smallest absolute Gasteiger partial charge is 0.161 e. The van der Waals surface area contributed by atoms with Gasteiger partial charge in [0, 0.05) is 28.4 Å². The fourth-order valence-corrected chi connectivity index (χ4v) is 5.74. The summed E-state index contributed by atoms with van der Waals surface area (Å²) in [6.45, 7) is 2.88. The first-order valence-electron chi connectivity index (χ1n) is 13.5. The molecule has 0 unspecified atom stereocenters. The number of hydrogen-bond donors (Lipinski definition) is 1. The molecule has 0 amide bonds. The van der Waals surface area contributed by atoms with E-state index >= 15 is 0 Å². The van der Waals surface area contributed by atoms with Crippen LogP contribution in [0.25, 0.3) is 0 Å². The summed E-state index contributed by atoms with van der Waals surface area (Å²) in [7, 11) is 0. The summed E-state index contributed by atoms with van der Waals surface area (Å²) in [4.78, 5) is 4.73. The van der Waals surface area contributed by atoms with E-state index < -0.39 is 0 Å². The van der Waals surface area contributed by atoms with Crippen LogP contribution in [0.2, 0.25) is 5.02 Å². The third-order valence-corrected chi connectivity index (χ3v) is 7.86. The number of benzene rings is 4. The van der Waals surface area contributed by atoms with Crippen LogP contribution < -0.4 is 14.8 Å². The molecule has 0 aromatic heterocycles. The van der Waals surface area contributed by atoms with E-state index in [-0.39, 0.29) is 6.04 Å². The Hall–Kier alpha value is -4.02. The first-order chi connectivity index (χ1) is 19.2. The lowest BCUT2D eigenvalue weighted by Gasteiger charge is -2.37. The van der Waals surface area contributed by atoms with E-state index in [0.717, 1.165) is 23.2 Å². The third kappa shape index (κ3) is 5.43. The standard InChI is InChI=1S/C34H31ClN2O2/c1-2-38-33-20-23(14-19-32(33)39-22-25-8-3-5-12-30(25)35)21-36-26-17-15-24(16-18-26)34-29-11-7-10-27(29)28-9-4-6-13-31(28)37-34/h3-10,12-21,27,29,34,37H,2,11,22H2,1H3/t27-,29+,34-/m0/s1. The van der Waals surface area contributed by atoms with Gasteiger partial charge in [-0.15, -0.1) is 0 Å². The van der Waals surface area contributed by atoms with Gasteiger partial charge < -0.3 is 14.8 Å². The van der Waals surface area contributed by atoms with Crippen molar-refractivity contribution in [1.82, 2.24) is 0 Å². The predicted molar refractivity (Wildman–Crippen MR) is 160 cm³/mol. The molecule has 4 aromatic carbocycles. The Labute approximate surface area is 235 Å². The molecule has 1 heterocycles. The lowest BCUT2D eigenvalue weighted by molar-refractivity contribution is 0.269. The van der Waals surface area contributed by atoms with Gasteiger partial charge in [0.2, 0.25) is 0 Å². The number of anilines is 1. The van der Waals surface area contributed by atoms with Crippen molar-refractivity contribution in [3.05, 3.63) is 130 Å². The molecule has 5 heteroatoms. The molecule has 4 aromatic rings. The van der Waals surface area contributed by atoms with Gasteiger partial charge in [-0.05, 0) is 78.4 Å². The van der Waals surface area contributed by atoms with Crippen LogP contribution in [-0.4, -0.2) is 12.8 Å². The number of ether oxygens (including phenoxy) is 2. The van der Waals surface area contributed by atoms with Gasteiger partial charge in [-0.1, -0.05) is 72.3 Å². The average Bonchev–Trinajstić information content (AvgIpc) is 3.47. The Kier molecular flexibility index (Phi) is 7.38. The van der Waals surface area contributed by atoms with Crippen LogP contribution in [0.4, 0.5) is 11.4 Å². The monoisotopic (exact) mass is 534 g/mol. The second-order valence-corrected chi connectivity index (χ2v) is 10.3. The molecule has 4 nitrogen and oxygen atoms in total. The van der Waals surface area contributed by atoms with Gasteiger partial charge in [-0.25, -0.2) is 0 Å². The number of nitrogens with zero attached hydrogens (tertiary/aromatic N) is 1. The summed E-state index contributed by atoms with van der Waals surface area (Å²) in [6.07, 6.45) is 7.66. The van der Waals surface area contributed by atoms with E-state index in [1.165, 1.54) is 16.8 Å². The molecule has 1 aliphatic carbocycles. The first-order valence-corrected chi connectivity index (χ1v) is 13.9. The first kappa shape index (κ1) is 25.3. The summed E-state index contributed by atoms with van der Waals surface area (Å²) in [5.41, 5.74) is 6.72. The maximum absolute atomic E-state index is 6.28. The maximum Gasteiger partial charge on any atom is 0.161 e. The molecule has 0 saturated heterocycles. The third-order valence-electron chi connectivity index (χ3n) is 7.50. The minimum Gasteiger partial charge on any atom is -0.490 e. The second kappa shape index (κ2) is 11.4. The Morgan fingerprint density at radius 3 is 2.59 bits per heavy atom. The van der Waals surface area contributed by atoms with Crippen molar-refractivity contribution in [2.45, 2.75) is 31.9 Å². The van der Waals surface area contributed by atoms with E-state index in [4.69, 9.17) is 26.1 Å². The molecule has 6 rings (SSSR count). The van der Waals surface area contributed by atoms with Crippen LogP contribution >= 0.6 is 11.6 Å². The normalized spacial score (nSPS) is 19.4.